The Morgan fingerprint density at radius 3 is 2.52 bits per heavy atom. The number of rotatable bonds is 6. The number of methoxy groups -OCH3 is 1. The second kappa shape index (κ2) is 10.2. The van der Waals surface area contributed by atoms with Gasteiger partial charge in [0.1, 0.15) is 11.5 Å². The summed E-state index contributed by atoms with van der Waals surface area (Å²) in [5.74, 6) is 0.482. The summed E-state index contributed by atoms with van der Waals surface area (Å²) in [4.78, 5) is 24.7. The Labute approximate surface area is 178 Å². The molecule has 1 fully saturated rings. The van der Waals surface area contributed by atoms with Gasteiger partial charge in [-0.15, -0.1) is 0 Å². The molecule has 0 bridgehead atoms. The van der Waals surface area contributed by atoms with Crippen molar-refractivity contribution in [3.63, 3.8) is 0 Å². The van der Waals surface area contributed by atoms with E-state index in [1.165, 1.54) is 12.6 Å². The summed E-state index contributed by atoms with van der Waals surface area (Å²) in [5.41, 5.74) is 3.59. The third-order valence-electron chi connectivity index (χ3n) is 4.85. The maximum absolute atomic E-state index is 12.5. The normalized spacial score (nSPS) is 14.6. The molecule has 6 nitrogen and oxygen atoms in total. The lowest BCUT2D eigenvalue weighted by molar-refractivity contribution is -0.125. The molecule has 0 spiro atoms. The molecule has 0 atom stereocenters. The summed E-state index contributed by atoms with van der Waals surface area (Å²) in [6, 6.07) is 11.9. The molecule has 0 radical (unpaired) electrons. The number of ether oxygens (including phenoxy) is 2. The zero-order valence-corrected chi connectivity index (χ0v) is 17.8. The first-order valence-corrected chi connectivity index (χ1v) is 10.3. The molecule has 1 aliphatic carbocycles. The number of benzene rings is 2. The van der Waals surface area contributed by atoms with Gasteiger partial charge in [-0.05, 0) is 55.3 Å². The van der Waals surface area contributed by atoms with E-state index >= 15 is 0 Å². The van der Waals surface area contributed by atoms with Gasteiger partial charge in [0.25, 0.3) is 0 Å². The van der Waals surface area contributed by atoms with Crippen LogP contribution in [-0.2, 0) is 4.79 Å². The molecule has 3 rings (SSSR count). The molecule has 1 aliphatic rings. The topological polar surface area (TPSA) is 77.0 Å². The maximum Gasteiger partial charge on any atom is 0.343 e. The number of amides is 1. The minimum absolute atomic E-state index is 0.0239. The molecule has 29 heavy (non-hydrogen) atoms. The van der Waals surface area contributed by atoms with Gasteiger partial charge in [-0.2, -0.15) is 5.10 Å². The molecule has 0 aliphatic heterocycles. The number of nitrogens with zero attached hydrogens (tertiary/aromatic N) is 1. The van der Waals surface area contributed by atoms with Crippen molar-refractivity contribution in [2.45, 2.75) is 32.1 Å². The van der Waals surface area contributed by atoms with Gasteiger partial charge in [-0.3, -0.25) is 4.79 Å². The number of carbonyl (C=O) groups is 2. The average molecular weight is 459 g/mol. The second-order valence-electron chi connectivity index (χ2n) is 6.87. The van der Waals surface area contributed by atoms with Crippen LogP contribution in [0, 0.1) is 5.92 Å². The van der Waals surface area contributed by atoms with Gasteiger partial charge in [-0.1, -0.05) is 35.2 Å². The minimum atomic E-state index is -0.490. The van der Waals surface area contributed by atoms with Gasteiger partial charge in [-0.25, -0.2) is 10.2 Å². The molecule has 7 heteroatoms. The number of esters is 1. The van der Waals surface area contributed by atoms with E-state index in [2.05, 4.69) is 26.5 Å². The summed E-state index contributed by atoms with van der Waals surface area (Å²) < 4.78 is 11.4. The fraction of sp³-hybridized carbons (Fsp3) is 0.318. The lowest BCUT2D eigenvalue weighted by Gasteiger charge is -2.19. The largest absolute Gasteiger partial charge is 0.497 e. The summed E-state index contributed by atoms with van der Waals surface area (Å²) >= 11 is 3.40. The maximum atomic E-state index is 12.5. The summed E-state index contributed by atoms with van der Waals surface area (Å²) in [6.45, 7) is 0. The number of hydrogen-bond acceptors (Lipinski definition) is 5. The van der Waals surface area contributed by atoms with E-state index in [1.54, 1.807) is 49.6 Å². The molecule has 2 aromatic rings. The van der Waals surface area contributed by atoms with Gasteiger partial charge in [0.2, 0.25) is 5.91 Å². The van der Waals surface area contributed by atoms with Crippen LogP contribution in [-0.4, -0.2) is 25.2 Å². The Bertz CT molecular complexity index is 890. The Balaban J connectivity index is 1.68. The molecular weight excluding hydrogens is 436 g/mol. The highest BCUT2D eigenvalue weighted by Crippen LogP contribution is 2.25. The third-order valence-corrected chi connectivity index (χ3v) is 5.35. The van der Waals surface area contributed by atoms with Crippen LogP contribution in [0.4, 0.5) is 0 Å². The van der Waals surface area contributed by atoms with E-state index in [1.807, 2.05) is 0 Å². The summed E-state index contributed by atoms with van der Waals surface area (Å²) in [7, 11) is 1.56. The molecular formula is C22H23BrN2O4. The highest BCUT2D eigenvalue weighted by atomic mass is 79.9. The fourth-order valence-electron chi connectivity index (χ4n) is 3.22. The van der Waals surface area contributed by atoms with E-state index < -0.39 is 5.97 Å². The number of hydrazone groups is 1. The third kappa shape index (κ3) is 5.90. The molecule has 152 valence electrons. The number of hydrogen-bond donors (Lipinski definition) is 1. The van der Waals surface area contributed by atoms with Crippen LogP contribution in [0.3, 0.4) is 0 Å². The number of nitrogens with one attached hydrogen (secondary N) is 1. The van der Waals surface area contributed by atoms with Crippen molar-refractivity contribution in [1.82, 2.24) is 5.43 Å². The van der Waals surface area contributed by atoms with E-state index in [-0.39, 0.29) is 11.8 Å². The lowest BCUT2D eigenvalue weighted by atomic mass is 9.89. The molecule has 0 unspecified atom stereocenters. The van der Waals surface area contributed by atoms with Crippen LogP contribution in [0.2, 0.25) is 0 Å². The lowest BCUT2D eigenvalue weighted by Crippen LogP contribution is -2.28. The van der Waals surface area contributed by atoms with Crippen LogP contribution in [0.15, 0.2) is 52.0 Å². The van der Waals surface area contributed by atoms with E-state index in [9.17, 15) is 9.59 Å². The van der Waals surface area contributed by atoms with E-state index in [4.69, 9.17) is 9.47 Å². The number of carbonyl (C=O) groups excluding carboxylic acids is 2. The van der Waals surface area contributed by atoms with Crippen molar-refractivity contribution in [3.8, 4) is 11.5 Å². The zero-order chi connectivity index (χ0) is 20.6. The molecule has 2 aromatic carbocycles. The highest BCUT2D eigenvalue weighted by molar-refractivity contribution is 9.10. The number of halogens is 1. The Kier molecular flexibility index (Phi) is 7.41. The summed E-state index contributed by atoms with van der Waals surface area (Å²) in [6.07, 6.45) is 6.65. The van der Waals surface area contributed by atoms with Crippen molar-refractivity contribution in [2.24, 2.45) is 11.0 Å². The molecule has 0 saturated heterocycles. The Morgan fingerprint density at radius 2 is 1.83 bits per heavy atom. The van der Waals surface area contributed by atoms with Gasteiger partial charge in [0.15, 0.2) is 0 Å². The smallest absolute Gasteiger partial charge is 0.343 e. The monoisotopic (exact) mass is 458 g/mol. The Morgan fingerprint density at radius 1 is 1.10 bits per heavy atom. The van der Waals surface area contributed by atoms with Crippen LogP contribution in [0.25, 0.3) is 0 Å². The van der Waals surface area contributed by atoms with Crippen LogP contribution >= 0.6 is 15.9 Å². The second-order valence-corrected chi connectivity index (χ2v) is 7.79. The molecule has 1 N–H and O–H groups in total. The van der Waals surface area contributed by atoms with E-state index in [0.29, 0.717) is 22.6 Å². The van der Waals surface area contributed by atoms with Crippen LogP contribution in [0.1, 0.15) is 48.0 Å². The van der Waals surface area contributed by atoms with Crippen LogP contribution in [0.5, 0.6) is 11.5 Å². The van der Waals surface area contributed by atoms with Crippen molar-refractivity contribution in [3.05, 3.63) is 58.1 Å². The Hall–Kier alpha value is -2.67. The first-order chi connectivity index (χ1) is 14.1. The minimum Gasteiger partial charge on any atom is -0.497 e. The standard InChI is InChI=1S/C22H23BrN2O4/c1-28-19-10-7-16(8-11-19)22(27)29-20-12-9-18(23)13-17(20)14-24-25-21(26)15-5-3-2-4-6-15/h7-15H,2-6H2,1H3,(H,25,26)/b24-14-. The quantitative estimate of drug-likeness (QED) is 0.294. The predicted molar refractivity (Wildman–Crippen MR) is 114 cm³/mol. The molecule has 0 heterocycles. The molecule has 0 aromatic heterocycles. The first-order valence-electron chi connectivity index (χ1n) is 9.55. The van der Waals surface area contributed by atoms with Crippen molar-refractivity contribution in [1.29, 1.82) is 0 Å². The molecule has 1 amide bonds. The fourth-order valence-corrected chi connectivity index (χ4v) is 3.60. The molecule has 1 saturated carbocycles. The van der Waals surface area contributed by atoms with Gasteiger partial charge in [0, 0.05) is 16.0 Å². The first kappa shape index (κ1) is 21.0. The van der Waals surface area contributed by atoms with Crippen molar-refractivity contribution >= 4 is 34.0 Å². The van der Waals surface area contributed by atoms with Gasteiger partial charge in [0.05, 0.1) is 18.9 Å². The van der Waals surface area contributed by atoms with Gasteiger partial charge < -0.3 is 9.47 Å². The van der Waals surface area contributed by atoms with Crippen LogP contribution < -0.4 is 14.9 Å². The summed E-state index contributed by atoms with van der Waals surface area (Å²) in [5, 5.41) is 4.07. The zero-order valence-electron chi connectivity index (χ0n) is 16.2. The highest BCUT2D eigenvalue weighted by Gasteiger charge is 2.20. The van der Waals surface area contributed by atoms with Crippen molar-refractivity contribution in [2.75, 3.05) is 7.11 Å². The predicted octanol–water partition coefficient (Wildman–Crippen LogP) is 4.71. The van der Waals surface area contributed by atoms with E-state index in [0.717, 1.165) is 30.2 Å². The van der Waals surface area contributed by atoms with Gasteiger partial charge >= 0.3 is 5.97 Å². The van der Waals surface area contributed by atoms with Crippen molar-refractivity contribution < 1.29 is 19.1 Å². The SMILES string of the molecule is COc1ccc(C(=O)Oc2ccc(Br)cc2/C=N\NC(=O)C2CCCCC2)cc1. The average Bonchev–Trinajstić information content (AvgIpc) is 2.76.